The second-order valence-corrected chi connectivity index (χ2v) is 11.5. The van der Waals surface area contributed by atoms with Crippen molar-refractivity contribution in [2.45, 2.75) is 23.3 Å². The average molecular weight is 499 g/mol. The second-order valence-electron chi connectivity index (χ2n) is 9.70. The Hall–Kier alpha value is -3.39. The zero-order valence-electron chi connectivity index (χ0n) is 20.3. The molecule has 2 N–H and O–H groups in total. The van der Waals surface area contributed by atoms with Gasteiger partial charge in [0.15, 0.2) is 0 Å². The van der Waals surface area contributed by atoms with Crippen molar-refractivity contribution >= 4 is 31.8 Å². The molecule has 1 aliphatic rings. The van der Waals surface area contributed by atoms with Gasteiger partial charge in [0.25, 0.3) is 0 Å². The van der Waals surface area contributed by atoms with Gasteiger partial charge in [-0.1, -0.05) is 54.6 Å². The maximum Gasteiger partial charge on any atom is 0.240 e. The van der Waals surface area contributed by atoms with Gasteiger partial charge in [-0.05, 0) is 59.7 Å². The molecule has 6 rings (SSSR count). The first-order chi connectivity index (χ1) is 17.5. The molecule has 0 aliphatic carbocycles. The molecule has 3 heterocycles. The molecule has 3 aromatic carbocycles. The Morgan fingerprint density at radius 1 is 1.03 bits per heavy atom. The minimum absolute atomic E-state index is 0.0752. The van der Waals surface area contributed by atoms with Crippen molar-refractivity contribution in [2.24, 2.45) is 7.05 Å². The van der Waals surface area contributed by atoms with Gasteiger partial charge in [-0.2, -0.15) is 0 Å². The van der Waals surface area contributed by atoms with Gasteiger partial charge in [-0.25, -0.2) is 13.1 Å². The summed E-state index contributed by atoms with van der Waals surface area (Å²) >= 11 is 0. The summed E-state index contributed by atoms with van der Waals surface area (Å²) in [5, 5.41) is 2.16. The predicted octanol–water partition coefficient (Wildman–Crippen LogP) is 5.17. The maximum absolute atomic E-state index is 13.4. The van der Waals surface area contributed by atoms with Crippen LogP contribution in [-0.2, 0) is 17.1 Å². The Labute approximate surface area is 211 Å². The van der Waals surface area contributed by atoms with E-state index in [4.69, 9.17) is 0 Å². The van der Waals surface area contributed by atoms with Crippen molar-refractivity contribution in [1.82, 2.24) is 19.2 Å². The van der Waals surface area contributed by atoms with Crippen LogP contribution in [0.4, 0.5) is 0 Å². The van der Waals surface area contributed by atoms with Crippen LogP contribution in [0.2, 0.25) is 0 Å². The van der Waals surface area contributed by atoms with E-state index in [0.29, 0.717) is 12.5 Å². The molecule has 36 heavy (non-hydrogen) atoms. The number of fused-ring (bicyclic) bond motifs is 2. The van der Waals surface area contributed by atoms with E-state index in [1.54, 1.807) is 12.1 Å². The lowest BCUT2D eigenvalue weighted by atomic mass is 9.98. The normalized spacial score (nSPS) is 17.8. The smallest absolute Gasteiger partial charge is 0.240 e. The van der Waals surface area contributed by atoms with Crippen LogP contribution in [0.15, 0.2) is 96.2 Å². The number of nitrogens with one attached hydrogen (secondary N) is 2. The van der Waals surface area contributed by atoms with Crippen LogP contribution in [0, 0.1) is 0 Å². The summed E-state index contributed by atoms with van der Waals surface area (Å²) in [5.74, 6) is 0.440. The summed E-state index contributed by atoms with van der Waals surface area (Å²) in [4.78, 5) is 5.82. The molecule has 5 aromatic rings. The van der Waals surface area contributed by atoms with Crippen molar-refractivity contribution in [3.8, 4) is 0 Å². The number of aromatic nitrogens is 2. The Morgan fingerprint density at radius 2 is 1.83 bits per heavy atom. The van der Waals surface area contributed by atoms with Crippen LogP contribution < -0.4 is 4.72 Å². The van der Waals surface area contributed by atoms with E-state index in [2.05, 4.69) is 80.9 Å². The number of likely N-dealkylation sites (tertiary alicyclic amines) is 1. The fourth-order valence-electron chi connectivity index (χ4n) is 5.61. The fourth-order valence-corrected chi connectivity index (χ4v) is 6.67. The minimum Gasteiger partial charge on any atom is -0.361 e. The summed E-state index contributed by atoms with van der Waals surface area (Å²) in [6.45, 7) is 2.12. The van der Waals surface area contributed by atoms with Crippen LogP contribution in [0.3, 0.4) is 0 Å². The van der Waals surface area contributed by atoms with Gasteiger partial charge < -0.3 is 9.55 Å². The first kappa shape index (κ1) is 23.0. The van der Waals surface area contributed by atoms with Gasteiger partial charge in [0, 0.05) is 49.0 Å². The summed E-state index contributed by atoms with van der Waals surface area (Å²) < 4.78 is 31.8. The van der Waals surface area contributed by atoms with Crippen LogP contribution in [0.1, 0.15) is 29.5 Å². The maximum atomic E-state index is 13.4. The molecule has 2 aromatic heterocycles. The number of benzene rings is 3. The van der Waals surface area contributed by atoms with Crippen LogP contribution in [0.5, 0.6) is 0 Å². The summed E-state index contributed by atoms with van der Waals surface area (Å²) in [6, 6.07) is 26.0. The summed E-state index contributed by atoms with van der Waals surface area (Å²) in [5.41, 5.74) is 4.46. The van der Waals surface area contributed by atoms with E-state index in [-0.39, 0.29) is 10.9 Å². The fraction of sp³-hybridized carbons (Fsp3) is 0.241. The highest BCUT2D eigenvalue weighted by Gasteiger charge is 2.32. The molecule has 6 nitrogen and oxygen atoms in total. The third-order valence-corrected chi connectivity index (χ3v) is 8.94. The van der Waals surface area contributed by atoms with E-state index < -0.39 is 10.0 Å². The molecule has 184 valence electrons. The number of hydrogen-bond donors (Lipinski definition) is 2. The summed E-state index contributed by atoms with van der Waals surface area (Å²) in [6.07, 6.45) is 5.04. The SMILES string of the molecule is Cn1cc(C(CNS(=O)(=O)c2ccc3cc[nH]c3c2)N2CC[C@@H](c3ccccc3)C2)c2ccccc21. The van der Waals surface area contributed by atoms with Crippen molar-refractivity contribution in [2.75, 3.05) is 19.6 Å². The number of hydrogen-bond acceptors (Lipinski definition) is 3. The molecule has 0 spiro atoms. The lowest BCUT2D eigenvalue weighted by Crippen LogP contribution is -2.37. The van der Waals surface area contributed by atoms with E-state index in [1.807, 2.05) is 24.4 Å². The minimum atomic E-state index is -3.68. The van der Waals surface area contributed by atoms with E-state index >= 15 is 0 Å². The molecule has 1 fully saturated rings. The van der Waals surface area contributed by atoms with Crippen LogP contribution in [-0.4, -0.2) is 42.5 Å². The topological polar surface area (TPSA) is 70.1 Å². The predicted molar refractivity (Wildman–Crippen MR) is 145 cm³/mol. The molecule has 0 amide bonds. The first-order valence-electron chi connectivity index (χ1n) is 12.4. The van der Waals surface area contributed by atoms with E-state index in [1.165, 1.54) is 10.9 Å². The second kappa shape index (κ2) is 9.24. The highest BCUT2D eigenvalue weighted by atomic mass is 32.2. The monoisotopic (exact) mass is 498 g/mol. The Morgan fingerprint density at radius 3 is 2.69 bits per heavy atom. The molecule has 1 unspecified atom stereocenters. The lowest BCUT2D eigenvalue weighted by molar-refractivity contribution is 0.244. The van der Waals surface area contributed by atoms with Crippen LogP contribution in [0.25, 0.3) is 21.8 Å². The quantitative estimate of drug-likeness (QED) is 0.325. The standard InChI is InChI=1S/C29H30N4O2S/c1-32-20-26(25-9-5-6-10-28(25)32)29(33-16-14-23(19-33)21-7-3-2-4-8-21)18-31-36(34,35)24-12-11-22-13-15-30-27(22)17-24/h2-13,15,17,20,23,29-31H,14,16,18-19H2,1H3/t23-,29?/m1/s1. The first-order valence-corrected chi connectivity index (χ1v) is 13.9. The third kappa shape index (κ3) is 4.23. The number of nitrogens with zero attached hydrogens (tertiary/aromatic N) is 2. The van der Waals surface area contributed by atoms with Crippen molar-refractivity contribution < 1.29 is 8.42 Å². The van der Waals surface area contributed by atoms with E-state index in [0.717, 1.165) is 41.5 Å². The molecule has 1 saturated heterocycles. The molecule has 2 atom stereocenters. The lowest BCUT2D eigenvalue weighted by Gasteiger charge is -2.28. The molecule has 0 radical (unpaired) electrons. The number of para-hydroxylation sites is 1. The van der Waals surface area contributed by atoms with Crippen LogP contribution >= 0.6 is 0 Å². The Bertz CT molecular complexity index is 1620. The molecular weight excluding hydrogens is 468 g/mol. The number of rotatable bonds is 7. The zero-order chi connectivity index (χ0) is 24.7. The summed E-state index contributed by atoms with van der Waals surface area (Å²) in [7, 11) is -1.63. The van der Waals surface area contributed by atoms with Gasteiger partial charge in [-0.3, -0.25) is 4.90 Å². The third-order valence-electron chi connectivity index (χ3n) is 7.52. The van der Waals surface area contributed by atoms with Gasteiger partial charge in [-0.15, -0.1) is 0 Å². The van der Waals surface area contributed by atoms with Gasteiger partial charge >= 0.3 is 0 Å². The number of aryl methyl sites for hydroxylation is 1. The van der Waals surface area contributed by atoms with Crippen molar-refractivity contribution in [3.05, 3.63) is 102 Å². The zero-order valence-corrected chi connectivity index (χ0v) is 21.1. The van der Waals surface area contributed by atoms with Gasteiger partial charge in [0.05, 0.1) is 10.9 Å². The van der Waals surface area contributed by atoms with Gasteiger partial charge in [0.2, 0.25) is 10.0 Å². The molecule has 0 saturated carbocycles. The number of sulfonamides is 1. The molecule has 0 bridgehead atoms. The van der Waals surface area contributed by atoms with Crippen molar-refractivity contribution in [1.29, 1.82) is 0 Å². The highest BCUT2D eigenvalue weighted by Crippen LogP contribution is 2.36. The largest absolute Gasteiger partial charge is 0.361 e. The molecular formula is C29H30N4O2S. The van der Waals surface area contributed by atoms with E-state index in [9.17, 15) is 8.42 Å². The molecule has 7 heteroatoms. The van der Waals surface area contributed by atoms with Gasteiger partial charge in [0.1, 0.15) is 0 Å². The molecule has 1 aliphatic heterocycles. The Balaban J connectivity index is 1.32. The van der Waals surface area contributed by atoms with Crippen molar-refractivity contribution in [3.63, 3.8) is 0 Å². The average Bonchev–Trinajstić information content (AvgIpc) is 3.64. The highest BCUT2D eigenvalue weighted by molar-refractivity contribution is 7.89. The Kier molecular flexibility index (Phi) is 5.91. The number of H-pyrrole nitrogens is 1. The number of aromatic amines is 1.